The number of halogens is 2. The lowest BCUT2D eigenvalue weighted by atomic mass is 10.2. The van der Waals surface area contributed by atoms with E-state index in [9.17, 15) is 4.39 Å². The molecule has 142 valence electrons. The Morgan fingerprint density at radius 2 is 1.88 bits per heavy atom. The van der Waals surface area contributed by atoms with Crippen LogP contribution in [-0.2, 0) is 13.2 Å². The SMILES string of the molecule is CCNCCCNCc1cc(Br)c(OCc2ccccc2F)c(OC)c1. The van der Waals surface area contributed by atoms with Gasteiger partial charge in [0, 0.05) is 12.1 Å². The third-order valence-corrected chi connectivity index (χ3v) is 4.49. The van der Waals surface area contributed by atoms with Gasteiger partial charge in [0.25, 0.3) is 0 Å². The van der Waals surface area contributed by atoms with E-state index in [1.807, 2.05) is 12.1 Å². The molecule has 2 rings (SSSR count). The monoisotopic (exact) mass is 424 g/mol. The second-order valence-corrected chi connectivity index (χ2v) is 6.73. The summed E-state index contributed by atoms with van der Waals surface area (Å²) >= 11 is 3.54. The maximum atomic E-state index is 13.8. The molecular weight excluding hydrogens is 399 g/mol. The highest BCUT2D eigenvalue weighted by Crippen LogP contribution is 2.37. The van der Waals surface area contributed by atoms with Gasteiger partial charge in [0.2, 0.25) is 0 Å². The van der Waals surface area contributed by atoms with Crippen molar-refractivity contribution < 1.29 is 13.9 Å². The molecule has 0 amide bonds. The average Bonchev–Trinajstić information content (AvgIpc) is 2.64. The summed E-state index contributed by atoms with van der Waals surface area (Å²) in [5.74, 6) is 0.924. The average molecular weight is 425 g/mol. The largest absolute Gasteiger partial charge is 0.493 e. The van der Waals surface area contributed by atoms with Crippen molar-refractivity contribution in [2.45, 2.75) is 26.5 Å². The molecule has 0 aliphatic heterocycles. The van der Waals surface area contributed by atoms with Crippen molar-refractivity contribution in [1.82, 2.24) is 10.6 Å². The van der Waals surface area contributed by atoms with Crippen molar-refractivity contribution in [3.8, 4) is 11.5 Å². The van der Waals surface area contributed by atoms with Crippen molar-refractivity contribution >= 4 is 15.9 Å². The van der Waals surface area contributed by atoms with Crippen LogP contribution >= 0.6 is 15.9 Å². The van der Waals surface area contributed by atoms with E-state index in [1.165, 1.54) is 6.07 Å². The number of ether oxygens (including phenoxy) is 2. The Bertz CT molecular complexity index is 698. The molecule has 0 bridgehead atoms. The van der Waals surface area contributed by atoms with E-state index in [4.69, 9.17) is 9.47 Å². The van der Waals surface area contributed by atoms with Gasteiger partial charge in [-0.1, -0.05) is 25.1 Å². The van der Waals surface area contributed by atoms with Crippen LogP contribution in [0.2, 0.25) is 0 Å². The standard InChI is InChI=1S/C20H26BrFN2O2/c1-3-23-9-6-10-24-13-15-11-17(21)20(19(12-15)25-2)26-14-16-7-4-5-8-18(16)22/h4-5,7-8,11-12,23-24H,3,6,9-10,13-14H2,1-2H3. The summed E-state index contributed by atoms with van der Waals surface area (Å²) in [6, 6.07) is 10.5. The normalized spacial score (nSPS) is 10.8. The lowest BCUT2D eigenvalue weighted by Gasteiger charge is -2.15. The van der Waals surface area contributed by atoms with Crippen molar-refractivity contribution in [3.63, 3.8) is 0 Å². The first-order valence-electron chi connectivity index (χ1n) is 8.79. The fourth-order valence-corrected chi connectivity index (χ4v) is 3.13. The molecule has 2 aromatic rings. The van der Waals surface area contributed by atoms with Crippen molar-refractivity contribution in [2.24, 2.45) is 0 Å². The van der Waals surface area contributed by atoms with Gasteiger partial charge in [-0.15, -0.1) is 0 Å². The molecule has 0 fully saturated rings. The highest BCUT2D eigenvalue weighted by molar-refractivity contribution is 9.10. The van der Waals surface area contributed by atoms with Crippen molar-refractivity contribution in [2.75, 3.05) is 26.7 Å². The number of benzene rings is 2. The Balaban J connectivity index is 1.96. The minimum Gasteiger partial charge on any atom is -0.493 e. The van der Waals surface area contributed by atoms with Gasteiger partial charge < -0.3 is 20.1 Å². The van der Waals surface area contributed by atoms with Crippen molar-refractivity contribution in [3.05, 3.63) is 57.8 Å². The third kappa shape index (κ3) is 6.27. The summed E-state index contributed by atoms with van der Waals surface area (Å²) in [5, 5.41) is 6.72. The number of nitrogens with one attached hydrogen (secondary N) is 2. The summed E-state index contributed by atoms with van der Waals surface area (Å²) < 4.78 is 25.8. The van der Waals surface area contributed by atoms with E-state index < -0.39 is 0 Å². The van der Waals surface area contributed by atoms with E-state index in [2.05, 4.69) is 33.5 Å². The first-order valence-corrected chi connectivity index (χ1v) is 9.59. The van der Waals surface area contributed by atoms with Gasteiger partial charge in [0.05, 0.1) is 11.6 Å². The molecule has 0 aliphatic rings. The number of hydrogen-bond acceptors (Lipinski definition) is 4. The molecule has 0 spiro atoms. The number of rotatable bonds is 11. The van der Waals surface area contributed by atoms with Crippen LogP contribution in [0.25, 0.3) is 0 Å². The Labute approximate surface area is 163 Å². The zero-order valence-corrected chi connectivity index (χ0v) is 16.9. The van der Waals surface area contributed by atoms with Gasteiger partial charge in [-0.05, 0) is 65.7 Å². The Kier molecular flexibility index (Phi) is 8.88. The summed E-state index contributed by atoms with van der Waals surface area (Å²) in [6.45, 7) is 5.95. The van der Waals surface area contributed by atoms with E-state index >= 15 is 0 Å². The zero-order chi connectivity index (χ0) is 18.8. The molecular formula is C20H26BrFN2O2. The van der Waals surface area contributed by atoms with E-state index in [-0.39, 0.29) is 12.4 Å². The molecule has 0 saturated heterocycles. The van der Waals surface area contributed by atoms with Crippen LogP contribution in [0, 0.1) is 5.82 Å². The molecule has 2 N–H and O–H groups in total. The van der Waals surface area contributed by atoms with Crippen LogP contribution in [0.3, 0.4) is 0 Å². The van der Waals surface area contributed by atoms with Gasteiger partial charge in [-0.3, -0.25) is 0 Å². The second-order valence-electron chi connectivity index (χ2n) is 5.87. The quantitative estimate of drug-likeness (QED) is 0.528. The molecule has 0 saturated carbocycles. The highest BCUT2D eigenvalue weighted by atomic mass is 79.9. The summed E-state index contributed by atoms with van der Waals surface area (Å²) in [4.78, 5) is 0. The molecule has 0 aliphatic carbocycles. The number of methoxy groups -OCH3 is 1. The Morgan fingerprint density at radius 3 is 2.62 bits per heavy atom. The third-order valence-electron chi connectivity index (χ3n) is 3.91. The highest BCUT2D eigenvalue weighted by Gasteiger charge is 2.13. The molecule has 6 heteroatoms. The van der Waals surface area contributed by atoms with E-state index in [1.54, 1.807) is 25.3 Å². The minimum atomic E-state index is -0.277. The molecule has 0 heterocycles. The van der Waals surface area contributed by atoms with E-state index in [0.29, 0.717) is 17.1 Å². The van der Waals surface area contributed by atoms with Crippen LogP contribution in [0.15, 0.2) is 40.9 Å². The topological polar surface area (TPSA) is 42.5 Å². The van der Waals surface area contributed by atoms with Crippen LogP contribution in [0.4, 0.5) is 4.39 Å². The Morgan fingerprint density at radius 1 is 1.12 bits per heavy atom. The molecule has 2 aromatic carbocycles. The van der Waals surface area contributed by atoms with Gasteiger partial charge in [0.15, 0.2) is 11.5 Å². The van der Waals surface area contributed by atoms with Crippen LogP contribution < -0.4 is 20.1 Å². The molecule has 4 nitrogen and oxygen atoms in total. The Hall–Kier alpha value is -1.63. The summed E-state index contributed by atoms with van der Waals surface area (Å²) in [7, 11) is 1.60. The smallest absolute Gasteiger partial charge is 0.175 e. The predicted octanol–water partition coefficient (Wildman–Crippen LogP) is 4.27. The first kappa shape index (κ1) is 20.7. The molecule has 0 unspecified atom stereocenters. The zero-order valence-electron chi connectivity index (χ0n) is 15.3. The fraction of sp³-hybridized carbons (Fsp3) is 0.400. The maximum Gasteiger partial charge on any atom is 0.175 e. The summed E-state index contributed by atoms with van der Waals surface area (Å²) in [6.07, 6.45) is 1.08. The van der Waals surface area contributed by atoms with E-state index in [0.717, 1.165) is 42.6 Å². The molecule has 26 heavy (non-hydrogen) atoms. The van der Waals surface area contributed by atoms with Gasteiger partial charge in [0.1, 0.15) is 12.4 Å². The second kappa shape index (κ2) is 11.2. The maximum absolute atomic E-state index is 13.8. The van der Waals surface area contributed by atoms with Gasteiger partial charge in [-0.25, -0.2) is 4.39 Å². The lowest BCUT2D eigenvalue weighted by molar-refractivity contribution is 0.277. The van der Waals surface area contributed by atoms with Crippen molar-refractivity contribution in [1.29, 1.82) is 0 Å². The minimum absolute atomic E-state index is 0.143. The van der Waals surface area contributed by atoms with Crippen LogP contribution in [0.1, 0.15) is 24.5 Å². The first-order chi connectivity index (χ1) is 12.7. The molecule has 0 radical (unpaired) electrons. The molecule has 0 aromatic heterocycles. The summed E-state index contributed by atoms with van der Waals surface area (Å²) in [5.41, 5.74) is 1.60. The lowest BCUT2D eigenvalue weighted by Crippen LogP contribution is -2.21. The van der Waals surface area contributed by atoms with Gasteiger partial charge >= 0.3 is 0 Å². The fourth-order valence-electron chi connectivity index (χ4n) is 2.53. The molecule has 0 atom stereocenters. The van der Waals surface area contributed by atoms with Crippen LogP contribution in [0.5, 0.6) is 11.5 Å². The number of hydrogen-bond donors (Lipinski definition) is 2. The predicted molar refractivity (Wildman–Crippen MR) is 106 cm³/mol. The van der Waals surface area contributed by atoms with Gasteiger partial charge in [-0.2, -0.15) is 0 Å². The van der Waals surface area contributed by atoms with Crippen LogP contribution in [-0.4, -0.2) is 26.7 Å².